The van der Waals surface area contributed by atoms with E-state index in [1.807, 2.05) is 25.8 Å². The molecule has 0 bridgehead atoms. The van der Waals surface area contributed by atoms with E-state index in [0.717, 1.165) is 5.56 Å². The second-order valence-corrected chi connectivity index (χ2v) is 11.1. The summed E-state index contributed by atoms with van der Waals surface area (Å²) in [6, 6.07) is 1.70. The molecule has 1 fully saturated rings. The van der Waals surface area contributed by atoms with Gasteiger partial charge in [0.15, 0.2) is 29.8 Å². The molecule has 0 unspecified atom stereocenters. The number of phenols is 1. The highest BCUT2D eigenvalue weighted by Gasteiger charge is 2.69. The van der Waals surface area contributed by atoms with Gasteiger partial charge in [0.2, 0.25) is 0 Å². The summed E-state index contributed by atoms with van der Waals surface area (Å²) in [6.07, 6.45) is -3.12. The lowest BCUT2D eigenvalue weighted by Gasteiger charge is -2.58. The van der Waals surface area contributed by atoms with E-state index in [9.17, 15) is 34.5 Å². The van der Waals surface area contributed by atoms with Crippen molar-refractivity contribution < 1.29 is 53.8 Å². The van der Waals surface area contributed by atoms with Crippen LogP contribution in [0.2, 0.25) is 0 Å². The smallest absolute Gasteiger partial charge is 0.340 e. The highest BCUT2D eigenvalue weighted by atomic mass is 16.6. The lowest BCUT2D eigenvalue weighted by atomic mass is 9.54. The fraction of sp³-hybridized carbons (Fsp3) is 0.571. The van der Waals surface area contributed by atoms with Gasteiger partial charge in [0, 0.05) is 18.0 Å². The van der Waals surface area contributed by atoms with Gasteiger partial charge in [0.25, 0.3) is 5.91 Å². The topological polar surface area (TPSA) is 192 Å². The maximum Gasteiger partial charge on any atom is 0.340 e. The third-order valence-corrected chi connectivity index (χ3v) is 8.59. The van der Waals surface area contributed by atoms with Crippen LogP contribution in [-0.2, 0) is 34.1 Å². The Hall–Kier alpha value is -3.68. The van der Waals surface area contributed by atoms with Crippen LogP contribution >= 0.6 is 0 Å². The molecule has 1 saturated heterocycles. The van der Waals surface area contributed by atoms with Gasteiger partial charge in [-0.25, -0.2) is 4.79 Å². The van der Waals surface area contributed by atoms with Gasteiger partial charge in [-0.15, -0.1) is 0 Å². The monoisotopic (exact) mass is 576 g/mol. The average molecular weight is 577 g/mol. The molecule has 1 amide bonds. The molecule has 5 N–H and O–H groups in total. The van der Waals surface area contributed by atoms with Gasteiger partial charge in [-0.3, -0.25) is 14.4 Å². The van der Waals surface area contributed by atoms with Gasteiger partial charge in [-0.05, 0) is 65.4 Å². The molecule has 2 heterocycles. The molecule has 1 aromatic carbocycles. The normalized spacial score (nSPS) is 28.9. The number of aliphatic hydroxyl groups is 2. The van der Waals surface area contributed by atoms with Crippen LogP contribution in [-0.4, -0.2) is 98.7 Å². The lowest BCUT2D eigenvalue weighted by molar-refractivity contribution is -0.169. The molecule has 1 aromatic rings. The Balaban J connectivity index is 1.51. The summed E-state index contributed by atoms with van der Waals surface area (Å²) in [5.41, 5.74) is -0.981. The van der Waals surface area contributed by atoms with Gasteiger partial charge in [-0.2, -0.15) is 0 Å². The number of aryl methyl sites for hydroxylation is 1. The molecule has 0 aromatic heterocycles. The highest BCUT2D eigenvalue weighted by molar-refractivity contribution is 5.88. The summed E-state index contributed by atoms with van der Waals surface area (Å²) in [5, 5.41) is 44.3. The quantitative estimate of drug-likeness (QED) is 0.266. The number of nitrogens with zero attached hydrogens (tertiary/aromatic N) is 1. The van der Waals surface area contributed by atoms with E-state index in [4.69, 9.17) is 19.3 Å². The zero-order valence-corrected chi connectivity index (χ0v) is 23.5. The van der Waals surface area contributed by atoms with Crippen molar-refractivity contribution in [2.45, 2.75) is 88.4 Å². The number of likely N-dealkylation sites (tertiary alicyclic amines) is 1. The fourth-order valence-electron chi connectivity index (χ4n) is 6.12. The molecule has 13 nitrogen and oxygen atoms in total. The molecule has 1 spiro atoms. The first-order valence-corrected chi connectivity index (χ1v) is 13.4. The molecular formula is C28H36N2O11. The van der Waals surface area contributed by atoms with E-state index >= 15 is 0 Å². The first kappa shape index (κ1) is 30.3. The molecular weight excluding hydrogens is 540 g/mol. The fourth-order valence-corrected chi connectivity index (χ4v) is 6.12. The van der Waals surface area contributed by atoms with Crippen molar-refractivity contribution in [1.82, 2.24) is 10.2 Å². The van der Waals surface area contributed by atoms with E-state index < -0.39 is 65.6 Å². The molecule has 4 rings (SSSR count). The summed E-state index contributed by atoms with van der Waals surface area (Å²) in [7, 11) is 1.91. The van der Waals surface area contributed by atoms with E-state index in [0.29, 0.717) is 18.5 Å². The number of rotatable bonds is 8. The number of likely N-dealkylation sites (N-methyl/N-ethyl adjacent to an activating group) is 1. The highest BCUT2D eigenvalue weighted by Crippen LogP contribution is 2.62. The third-order valence-electron chi connectivity index (χ3n) is 8.59. The van der Waals surface area contributed by atoms with Crippen LogP contribution in [0.4, 0.5) is 0 Å². The first-order valence-electron chi connectivity index (χ1n) is 13.4. The molecule has 2 aliphatic heterocycles. The minimum Gasteiger partial charge on any atom is -0.504 e. The Kier molecular flexibility index (Phi) is 8.09. The number of carboxylic acids is 1. The van der Waals surface area contributed by atoms with Crippen molar-refractivity contribution in [3.05, 3.63) is 35.1 Å². The minimum absolute atomic E-state index is 0.0363. The number of hydrogen-bond acceptors (Lipinski definition) is 11. The van der Waals surface area contributed by atoms with Crippen LogP contribution in [0.15, 0.2) is 24.0 Å². The number of benzene rings is 1. The summed E-state index contributed by atoms with van der Waals surface area (Å²) in [6.45, 7) is 6.80. The standard InChI is InChI=1S/C28H36N2O11/c1-13-6-7-17(31)22-21(13)27-10-11-30(5)16(4)28(27,38)9-8-19(23(27)41-22)40-26(37)18(32)12-20(33)39-15(3)24(34)29-14(2)25(35)36/h6-8,14-16,18,23,31-32,38H,9-12H2,1-5H3,(H,29,34)(H,35,36)/t14-,15-,16+,18-,23-,27-,28+/m0/s1. The third kappa shape index (κ3) is 5.02. The van der Waals surface area contributed by atoms with Gasteiger partial charge in [0.1, 0.15) is 11.8 Å². The van der Waals surface area contributed by atoms with Crippen LogP contribution in [0.1, 0.15) is 51.2 Å². The summed E-state index contributed by atoms with van der Waals surface area (Å²) < 4.78 is 16.7. The first-order chi connectivity index (χ1) is 19.1. The number of esters is 2. The van der Waals surface area contributed by atoms with Crippen molar-refractivity contribution >= 4 is 23.8 Å². The van der Waals surface area contributed by atoms with E-state index in [1.54, 1.807) is 6.07 Å². The molecule has 1 aliphatic carbocycles. The Bertz CT molecular complexity index is 1300. The van der Waals surface area contributed by atoms with Gasteiger partial charge < -0.3 is 44.9 Å². The predicted molar refractivity (Wildman–Crippen MR) is 141 cm³/mol. The number of amides is 1. The van der Waals surface area contributed by atoms with Crippen LogP contribution in [0.25, 0.3) is 0 Å². The number of phenolic OH excluding ortho intramolecular Hbond substituents is 1. The van der Waals surface area contributed by atoms with Crippen molar-refractivity contribution in [2.75, 3.05) is 13.6 Å². The van der Waals surface area contributed by atoms with Crippen molar-refractivity contribution in [3.63, 3.8) is 0 Å². The number of carbonyl (C=O) groups is 4. The molecule has 13 heteroatoms. The number of aliphatic hydroxyl groups excluding tert-OH is 1. The van der Waals surface area contributed by atoms with E-state index in [2.05, 4.69) is 5.32 Å². The zero-order valence-electron chi connectivity index (χ0n) is 23.5. The Morgan fingerprint density at radius 2 is 1.93 bits per heavy atom. The molecule has 3 aliphatic rings. The Labute approximate surface area is 236 Å². The largest absolute Gasteiger partial charge is 0.504 e. The lowest BCUT2D eigenvalue weighted by Crippen LogP contribution is -2.71. The molecule has 0 saturated carbocycles. The number of aliphatic carboxylic acids is 1. The Morgan fingerprint density at radius 1 is 1.24 bits per heavy atom. The van der Waals surface area contributed by atoms with Crippen molar-refractivity contribution in [1.29, 1.82) is 0 Å². The summed E-state index contributed by atoms with van der Waals surface area (Å²) in [4.78, 5) is 50.2. The van der Waals surface area contributed by atoms with Crippen molar-refractivity contribution in [2.24, 2.45) is 0 Å². The number of fused-ring (bicyclic) bond motifs is 1. The number of aromatic hydroxyl groups is 1. The zero-order chi connectivity index (χ0) is 30.4. The molecule has 0 radical (unpaired) electrons. The van der Waals surface area contributed by atoms with Crippen molar-refractivity contribution in [3.8, 4) is 11.5 Å². The van der Waals surface area contributed by atoms with Crippen LogP contribution in [0.3, 0.4) is 0 Å². The second-order valence-electron chi connectivity index (χ2n) is 11.1. The maximum atomic E-state index is 12.9. The van der Waals surface area contributed by atoms with Gasteiger partial charge >= 0.3 is 17.9 Å². The number of carboxylic acid groups (broad SMARTS) is 1. The minimum atomic E-state index is -1.95. The molecule has 41 heavy (non-hydrogen) atoms. The summed E-state index contributed by atoms with van der Waals surface area (Å²) >= 11 is 0. The van der Waals surface area contributed by atoms with Crippen LogP contribution in [0, 0.1) is 6.92 Å². The second kappa shape index (κ2) is 11.0. The van der Waals surface area contributed by atoms with Crippen LogP contribution in [0.5, 0.6) is 11.5 Å². The van der Waals surface area contributed by atoms with E-state index in [-0.39, 0.29) is 29.7 Å². The number of ether oxygens (including phenoxy) is 3. The Morgan fingerprint density at radius 3 is 2.59 bits per heavy atom. The number of carbonyl (C=O) groups excluding carboxylic acids is 3. The number of piperidine rings is 1. The number of hydrogen-bond donors (Lipinski definition) is 5. The van der Waals surface area contributed by atoms with E-state index in [1.165, 1.54) is 26.0 Å². The SMILES string of the molecule is Cc1ccc(O)c2c1[C@]13CCN(C)[C@H](C)[C@]1(O)CC=C(OC(=O)[C@@H](O)CC(=O)O[C@@H](C)C(=O)N[C@@H](C)C(=O)O)[C@@H]3O2. The van der Waals surface area contributed by atoms with Gasteiger partial charge in [0.05, 0.1) is 17.4 Å². The molecule has 224 valence electrons. The predicted octanol–water partition coefficient (Wildman–Crippen LogP) is 0.257. The summed E-state index contributed by atoms with van der Waals surface area (Å²) in [5.74, 6) is -4.28. The molecule has 7 atom stereocenters. The van der Waals surface area contributed by atoms with Crippen LogP contribution < -0.4 is 10.1 Å². The average Bonchev–Trinajstić information content (AvgIpc) is 3.28. The maximum absolute atomic E-state index is 12.9. The van der Waals surface area contributed by atoms with Gasteiger partial charge in [-0.1, -0.05) is 6.07 Å². The number of nitrogens with one attached hydrogen (secondary N) is 1.